The minimum atomic E-state index is 0.162. The van der Waals surface area contributed by atoms with E-state index in [-0.39, 0.29) is 5.92 Å². The van der Waals surface area contributed by atoms with Gasteiger partial charge in [-0.25, -0.2) is 9.97 Å². The number of fused-ring (bicyclic) bond motifs is 1. The maximum absolute atomic E-state index is 12.9. The van der Waals surface area contributed by atoms with Crippen molar-refractivity contribution < 1.29 is 9.53 Å². The quantitative estimate of drug-likeness (QED) is 0.830. The second-order valence-electron chi connectivity index (χ2n) is 8.06. The molecule has 3 heterocycles. The van der Waals surface area contributed by atoms with Gasteiger partial charge in [-0.15, -0.1) is 0 Å². The normalized spacial score (nSPS) is 29.6. The molecular formula is C20H30N4O2. The fraction of sp³-hybridized carbons (Fsp3) is 0.750. The number of methoxy groups -OCH3 is 1. The van der Waals surface area contributed by atoms with Gasteiger partial charge in [-0.3, -0.25) is 9.69 Å². The zero-order chi connectivity index (χ0) is 18.1. The minimum Gasteiger partial charge on any atom is -0.381 e. The Balaban J connectivity index is 1.41. The fourth-order valence-electron chi connectivity index (χ4n) is 4.72. The molecule has 1 saturated carbocycles. The number of carbonyl (C=O) groups excluding carboxylic acids is 1. The smallest absolute Gasteiger partial charge is 0.225 e. The number of rotatable bonds is 3. The summed E-state index contributed by atoms with van der Waals surface area (Å²) < 4.78 is 5.43. The highest BCUT2D eigenvalue weighted by Crippen LogP contribution is 2.31. The molecule has 6 nitrogen and oxygen atoms in total. The summed E-state index contributed by atoms with van der Waals surface area (Å²) in [7, 11) is 3.92. The Bertz CT molecular complexity index is 657. The highest BCUT2D eigenvalue weighted by molar-refractivity contribution is 5.79. The Morgan fingerprint density at radius 2 is 2.00 bits per heavy atom. The van der Waals surface area contributed by atoms with Crippen molar-refractivity contribution in [3.8, 4) is 0 Å². The molecule has 0 spiro atoms. The molecule has 2 fully saturated rings. The summed E-state index contributed by atoms with van der Waals surface area (Å²) in [5.74, 6) is 1.43. The van der Waals surface area contributed by atoms with Gasteiger partial charge in [0, 0.05) is 44.3 Å². The van der Waals surface area contributed by atoms with Crippen LogP contribution in [0.4, 0.5) is 0 Å². The molecule has 0 N–H and O–H groups in total. The fourth-order valence-corrected chi connectivity index (χ4v) is 4.72. The van der Waals surface area contributed by atoms with Gasteiger partial charge in [0.2, 0.25) is 5.91 Å². The molecule has 142 valence electrons. The Morgan fingerprint density at radius 1 is 1.19 bits per heavy atom. The van der Waals surface area contributed by atoms with Crippen molar-refractivity contribution in [2.45, 2.75) is 63.6 Å². The Morgan fingerprint density at radius 3 is 2.69 bits per heavy atom. The van der Waals surface area contributed by atoms with Crippen molar-refractivity contribution in [1.82, 2.24) is 19.8 Å². The van der Waals surface area contributed by atoms with Gasteiger partial charge in [-0.05, 0) is 52.1 Å². The van der Waals surface area contributed by atoms with Crippen molar-refractivity contribution in [3.05, 3.63) is 23.3 Å². The molecule has 1 aromatic rings. The highest BCUT2D eigenvalue weighted by Gasteiger charge is 2.32. The number of aromatic nitrogens is 2. The number of nitrogens with zero attached hydrogens (tertiary/aromatic N) is 4. The van der Waals surface area contributed by atoms with Crippen molar-refractivity contribution in [3.63, 3.8) is 0 Å². The molecule has 1 amide bonds. The van der Waals surface area contributed by atoms with Gasteiger partial charge in [0.05, 0.1) is 17.8 Å². The Labute approximate surface area is 155 Å². The first kappa shape index (κ1) is 17.9. The zero-order valence-corrected chi connectivity index (χ0v) is 16.0. The van der Waals surface area contributed by atoms with E-state index in [4.69, 9.17) is 9.72 Å². The Hall–Kier alpha value is -1.53. The van der Waals surface area contributed by atoms with E-state index in [1.54, 1.807) is 7.11 Å². The molecule has 4 rings (SSSR count). The van der Waals surface area contributed by atoms with Crippen LogP contribution in [0.25, 0.3) is 0 Å². The van der Waals surface area contributed by atoms with Crippen LogP contribution >= 0.6 is 0 Å². The molecule has 0 bridgehead atoms. The third-order valence-corrected chi connectivity index (χ3v) is 6.44. The molecule has 1 atom stereocenters. The summed E-state index contributed by atoms with van der Waals surface area (Å²) in [5.41, 5.74) is 2.27. The molecule has 1 aromatic heterocycles. The van der Waals surface area contributed by atoms with Crippen LogP contribution < -0.4 is 0 Å². The molecule has 1 aliphatic carbocycles. The van der Waals surface area contributed by atoms with E-state index >= 15 is 0 Å². The van der Waals surface area contributed by atoms with Gasteiger partial charge >= 0.3 is 0 Å². The number of hydrogen-bond acceptors (Lipinski definition) is 5. The van der Waals surface area contributed by atoms with Crippen LogP contribution in [0.2, 0.25) is 0 Å². The number of hydrogen-bond donors (Lipinski definition) is 0. The summed E-state index contributed by atoms with van der Waals surface area (Å²) in [6.07, 6.45) is 9.40. The molecular weight excluding hydrogens is 328 g/mol. The summed E-state index contributed by atoms with van der Waals surface area (Å²) >= 11 is 0. The summed E-state index contributed by atoms with van der Waals surface area (Å²) in [6, 6.07) is 0.357. The second kappa shape index (κ2) is 7.61. The van der Waals surface area contributed by atoms with Crippen molar-refractivity contribution in [1.29, 1.82) is 0 Å². The predicted molar refractivity (Wildman–Crippen MR) is 98.5 cm³/mol. The second-order valence-corrected chi connectivity index (χ2v) is 8.06. The van der Waals surface area contributed by atoms with Gasteiger partial charge < -0.3 is 9.64 Å². The van der Waals surface area contributed by atoms with E-state index < -0.39 is 0 Å². The molecule has 3 aliphatic rings. The minimum absolute atomic E-state index is 0.162. The summed E-state index contributed by atoms with van der Waals surface area (Å²) in [5, 5.41) is 0. The van der Waals surface area contributed by atoms with Crippen molar-refractivity contribution in [2.75, 3.05) is 27.2 Å². The van der Waals surface area contributed by atoms with Crippen LogP contribution in [0.15, 0.2) is 6.20 Å². The van der Waals surface area contributed by atoms with Gasteiger partial charge in [-0.1, -0.05) is 0 Å². The number of carbonyl (C=O) groups is 1. The molecule has 0 aromatic carbocycles. The lowest BCUT2D eigenvalue weighted by molar-refractivity contribution is -0.138. The SMILES string of the molecule is COC1CCC(C(=O)N2CCc3nc([C@@H]4CCCN4C)ncc3C2)CC1. The highest BCUT2D eigenvalue weighted by atomic mass is 16.5. The van der Waals surface area contributed by atoms with Crippen molar-refractivity contribution in [2.24, 2.45) is 5.92 Å². The average molecular weight is 358 g/mol. The topological polar surface area (TPSA) is 58.6 Å². The lowest BCUT2D eigenvalue weighted by atomic mass is 9.86. The van der Waals surface area contributed by atoms with Gasteiger partial charge in [0.1, 0.15) is 5.82 Å². The molecule has 0 radical (unpaired) electrons. The molecule has 26 heavy (non-hydrogen) atoms. The van der Waals surface area contributed by atoms with E-state index in [2.05, 4.69) is 16.9 Å². The Kier molecular flexibility index (Phi) is 5.23. The first-order valence-electron chi connectivity index (χ1n) is 10.0. The molecule has 2 aliphatic heterocycles. The van der Waals surface area contributed by atoms with Crippen LogP contribution in [0.3, 0.4) is 0 Å². The van der Waals surface area contributed by atoms with Gasteiger partial charge in [-0.2, -0.15) is 0 Å². The first-order chi connectivity index (χ1) is 12.7. The molecule has 0 unspecified atom stereocenters. The van der Waals surface area contributed by atoms with Gasteiger partial charge in [0.25, 0.3) is 0 Å². The maximum Gasteiger partial charge on any atom is 0.225 e. The van der Waals surface area contributed by atoms with Crippen LogP contribution in [-0.4, -0.2) is 59.0 Å². The monoisotopic (exact) mass is 358 g/mol. The first-order valence-corrected chi connectivity index (χ1v) is 10.0. The van der Waals surface area contributed by atoms with Crippen LogP contribution in [0.1, 0.15) is 61.6 Å². The van der Waals surface area contributed by atoms with E-state index in [9.17, 15) is 4.79 Å². The van der Waals surface area contributed by atoms with E-state index in [0.29, 0.717) is 24.6 Å². The lowest BCUT2D eigenvalue weighted by Crippen LogP contribution is -2.41. The largest absolute Gasteiger partial charge is 0.381 e. The predicted octanol–water partition coefficient (Wildman–Crippen LogP) is 2.33. The number of amides is 1. The zero-order valence-electron chi connectivity index (χ0n) is 16.0. The molecule has 6 heteroatoms. The van der Waals surface area contributed by atoms with Crippen LogP contribution in [-0.2, 0) is 22.5 Å². The van der Waals surface area contributed by atoms with E-state index in [1.165, 1.54) is 6.42 Å². The van der Waals surface area contributed by atoms with Crippen LogP contribution in [0.5, 0.6) is 0 Å². The lowest BCUT2D eigenvalue weighted by Gasteiger charge is -2.34. The standard InChI is InChI=1S/C20H30N4O2/c1-23-10-3-4-18(23)19-21-12-15-13-24(11-9-17(15)22-19)20(25)14-5-7-16(26-2)8-6-14/h12,14,16,18H,3-11,13H2,1-2H3/t14?,16?,18-/m0/s1. The van der Waals surface area contributed by atoms with Gasteiger partial charge in [0.15, 0.2) is 0 Å². The van der Waals surface area contributed by atoms with Crippen LogP contribution in [0, 0.1) is 5.92 Å². The summed E-state index contributed by atoms with van der Waals surface area (Å²) in [4.78, 5) is 26.8. The maximum atomic E-state index is 12.9. The van der Waals surface area contributed by atoms with E-state index in [1.807, 2.05) is 11.1 Å². The average Bonchev–Trinajstić information content (AvgIpc) is 3.12. The summed E-state index contributed by atoms with van der Waals surface area (Å²) in [6.45, 7) is 2.57. The molecule has 1 saturated heterocycles. The number of ether oxygens (including phenoxy) is 1. The third kappa shape index (κ3) is 3.49. The van der Waals surface area contributed by atoms with E-state index in [0.717, 1.165) is 68.7 Å². The third-order valence-electron chi connectivity index (χ3n) is 6.44. The number of likely N-dealkylation sites (tertiary alicyclic amines) is 1. The van der Waals surface area contributed by atoms with Crippen molar-refractivity contribution >= 4 is 5.91 Å².